The third-order valence-electron chi connectivity index (χ3n) is 6.38. The molecule has 7 nitrogen and oxygen atoms in total. The van der Waals surface area contributed by atoms with Crippen LogP contribution in [0.2, 0.25) is 0 Å². The van der Waals surface area contributed by atoms with E-state index in [2.05, 4.69) is 22.1 Å². The van der Waals surface area contributed by atoms with Crippen molar-refractivity contribution in [1.82, 2.24) is 20.1 Å². The summed E-state index contributed by atoms with van der Waals surface area (Å²) in [4.78, 5) is 19.6. The molecule has 2 aromatic rings. The monoisotopic (exact) mass is 416 g/mol. The van der Waals surface area contributed by atoms with E-state index < -0.39 is 9.84 Å². The molecule has 8 heteroatoms. The van der Waals surface area contributed by atoms with Crippen LogP contribution in [0.1, 0.15) is 56.6 Å². The van der Waals surface area contributed by atoms with Gasteiger partial charge in [0.25, 0.3) is 0 Å². The highest BCUT2D eigenvalue weighted by molar-refractivity contribution is 7.91. The van der Waals surface area contributed by atoms with Crippen LogP contribution in [-0.4, -0.2) is 53.2 Å². The van der Waals surface area contributed by atoms with Crippen molar-refractivity contribution in [2.45, 2.75) is 56.3 Å². The summed E-state index contributed by atoms with van der Waals surface area (Å²) >= 11 is 0. The second-order valence-electron chi connectivity index (χ2n) is 8.32. The van der Waals surface area contributed by atoms with E-state index in [9.17, 15) is 13.2 Å². The van der Waals surface area contributed by atoms with Crippen molar-refractivity contribution >= 4 is 15.7 Å². The zero-order valence-electron chi connectivity index (χ0n) is 16.8. The van der Waals surface area contributed by atoms with Crippen LogP contribution in [0.25, 0.3) is 0 Å². The molecule has 1 amide bonds. The SMILES string of the molecule is CCCc1nc(C2CN(C(=O)CCS(=O)(=O)c3ccccc3)CC23CCC3)n[nH]1. The van der Waals surface area contributed by atoms with Crippen molar-refractivity contribution in [2.24, 2.45) is 5.41 Å². The molecular formula is C21H28N4O3S. The summed E-state index contributed by atoms with van der Waals surface area (Å²) in [5.41, 5.74) is 0.0552. The van der Waals surface area contributed by atoms with E-state index in [0.29, 0.717) is 13.1 Å². The first-order valence-electron chi connectivity index (χ1n) is 10.4. The number of likely N-dealkylation sites (tertiary alicyclic amines) is 1. The summed E-state index contributed by atoms with van der Waals surface area (Å²) in [5, 5.41) is 7.48. The number of nitrogens with zero attached hydrogens (tertiary/aromatic N) is 3. The number of sulfone groups is 1. The number of nitrogens with one attached hydrogen (secondary N) is 1. The number of H-pyrrole nitrogens is 1. The molecule has 156 valence electrons. The first-order valence-corrected chi connectivity index (χ1v) is 12.1. The Morgan fingerprint density at radius 3 is 2.69 bits per heavy atom. The summed E-state index contributed by atoms with van der Waals surface area (Å²) < 4.78 is 25.0. The molecule has 1 saturated carbocycles. The smallest absolute Gasteiger partial charge is 0.223 e. The Balaban J connectivity index is 1.43. The average molecular weight is 417 g/mol. The fourth-order valence-electron chi connectivity index (χ4n) is 4.59. The molecule has 2 heterocycles. The van der Waals surface area contributed by atoms with Crippen LogP contribution in [0.4, 0.5) is 0 Å². The van der Waals surface area contributed by atoms with Crippen LogP contribution < -0.4 is 0 Å². The molecule has 1 aromatic heterocycles. The average Bonchev–Trinajstić information content (AvgIpc) is 3.31. The lowest BCUT2D eigenvalue weighted by Gasteiger charge is -2.41. The minimum absolute atomic E-state index is 0.00903. The summed E-state index contributed by atoms with van der Waals surface area (Å²) in [6.07, 6.45) is 5.18. The van der Waals surface area contributed by atoms with Crippen LogP contribution >= 0.6 is 0 Å². The zero-order chi connectivity index (χ0) is 20.5. The zero-order valence-corrected chi connectivity index (χ0v) is 17.6. The molecule has 1 N–H and O–H groups in total. The Bertz CT molecular complexity index is 967. The van der Waals surface area contributed by atoms with E-state index in [1.165, 1.54) is 0 Å². The van der Waals surface area contributed by atoms with Gasteiger partial charge in [0.15, 0.2) is 15.7 Å². The topological polar surface area (TPSA) is 96.0 Å². The number of rotatable bonds is 7. The number of aromatic nitrogens is 3. The largest absolute Gasteiger partial charge is 0.341 e. The van der Waals surface area contributed by atoms with Gasteiger partial charge >= 0.3 is 0 Å². The minimum atomic E-state index is -3.45. The van der Waals surface area contributed by atoms with Gasteiger partial charge in [-0.05, 0) is 36.8 Å². The predicted octanol–water partition coefficient (Wildman–Crippen LogP) is 2.72. The predicted molar refractivity (Wildman–Crippen MR) is 109 cm³/mol. The van der Waals surface area contributed by atoms with Gasteiger partial charge in [0.2, 0.25) is 5.91 Å². The molecule has 4 rings (SSSR count). The molecule has 0 bridgehead atoms. The highest BCUT2D eigenvalue weighted by Crippen LogP contribution is 2.55. The van der Waals surface area contributed by atoms with E-state index in [4.69, 9.17) is 0 Å². The van der Waals surface area contributed by atoms with Crippen molar-refractivity contribution in [3.8, 4) is 0 Å². The second-order valence-corrected chi connectivity index (χ2v) is 10.4. The summed E-state index contributed by atoms with van der Waals surface area (Å²) in [6.45, 7) is 3.36. The van der Waals surface area contributed by atoms with Crippen LogP contribution in [-0.2, 0) is 21.1 Å². The van der Waals surface area contributed by atoms with Crippen molar-refractivity contribution < 1.29 is 13.2 Å². The molecule has 0 radical (unpaired) electrons. The van der Waals surface area contributed by atoms with Gasteiger partial charge in [-0.1, -0.05) is 31.5 Å². The molecule has 2 fully saturated rings. The molecular weight excluding hydrogens is 388 g/mol. The first-order chi connectivity index (χ1) is 13.9. The number of hydrogen-bond acceptors (Lipinski definition) is 5. The molecule has 1 aromatic carbocycles. The molecule has 1 aliphatic heterocycles. The number of carbonyl (C=O) groups is 1. The maximum absolute atomic E-state index is 12.8. The van der Waals surface area contributed by atoms with E-state index in [1.54, 1.807) is 30.3 Å². The van der Waals surface area contributed by atoms with Gasteiger partial charge in [0.1, 0.15) is 5.82 Å². The second kappa shape index (κ2) is 7.89. The molecule has 1 aliphatic carbocycles. The van der Waals surface area contributed by atoms with E-state index >= 15 is 0 Å². The molecule has 29 heavy (non-hydrogen) atoms. The van der Waals surface area contributed by atoms with Crippen molar-refractivity contribution in [3.63, 3.8) is 0 Å². The maximum atomic E-state index is 12.8. The Hall–Kier alpha value is -2.22. The van der Waals surface area contributed by atoms with Crippen LogP contribution in [0.15, 0.2) is 35.2 Å². The first kappa shape index (κ1) is 20.1. The molecule has 1 spiro atoms. The van der Waals surface area contributed by atoms with E-state index in [-0.39, 0.29) is 34.3 Å². The highest BCUT2D eigenvalue weighted by atomic mass is 32.2. The number of benzene rings is 1. The van der Waals surface area contributed by atoms with Crippen molar-refractivity contribution in [2.75, 3.05) is 18.8 Å². The van der Waals surface area contributed by atoms with Gasteiger partial charge < -0.3 is 4.90 Å². The summed E-state index contributed by atoms with van der Waals surface area (Å²) in [5.74, 6) is 1.58. The van der Waals surface area contributed by atoms with Gasteiger partial charge in [-0.25, -0.2) is 13.4 Å². The molecule has 2 aliphatic rings. The van der Waals surface area contributed by atoms with Gasteiger partial charge in [-0.15, -0.1) is 0 Å². The number of aromatic amines is 1. The third-order valence-corrected chi connectivity index (χ3v) is 8.12. The molecule has 1 unspecified atom stereocenters. The Morgan fingerprint density at radius 1 is 1.28 bits per heavy atom. The van der Waals surface area contributed by atoms with Crippen LogP contribution in [0.5, 0.6) is 0 Å². The van der Waals surface area contributed by atoms with E-state index in [0.717, 1.165) is 43.8 Å². The van der Waals surface area contributed by atoms with Gasteiger partial charge in [0, 0.05) is 31.8 Å². The fourth-order valence-corrected chi connectivity index (χ4v) is 5.84. The van der Waals surface area contributed by atoms with Gasteiger partial charge in [-0.3, -0.25) is 9.89 Å². The van der Waals surface area contributed by atoms with Crippen molar-refractivity contribution in [1.29, 1.82) is 0 Å². The Morgan fingerprint density at radius 2 is 2.03 bits per heavy atom. The summed E-state index contributed by atoms with van der Waals surface area (Å²) in [6, 6.07) is 8.33. The quantitative estimate of drug-likeness (QED) is 0.749. The normalized spacial score (nSPS) is 20.7. The number of carbonyl (C=O) groups excluding carboxylic acids is 1. The number of aryl methyl sites for hydroxylation is 1. The van der Waals surface area contributed by atoms with Gasteiger partial charge in [-0.2, -0.15) is 5.10 Å². The lowest BCUT2D eigenvalue weighted by atomic mass is 9.62. The molecule has 1 saturated heterocycles. The lowest BCUT2D eigenvalue weighted by molar-refractivity contribution is -0.130. The highest BCUT2D eigenvalue weighted by Gasteiger charge is 2.53. The number of amides is 1. The standard InChI is InChI=1S/C21H28N4O3S/c1-2-7-18-22-20(24-23-18)17-14-25(15-21(17)11-6-12-21)19(26)10-13-29(27,28)16-8-4-3-5-9-16/h3-5,8-9,17H,2,6-7,10-15H2,1H3,(H,22,23,24). The lowest BCUT2D eigenvalue weighted by Crippen LogP contribution is -2.38. The van der Waals surface area contributed by atoms with Crippen LogP contribution in [0, 0.1) is 5.41 Å². The molecule has 1 atom stereocenters. The Labute approximate surface area is 171 Å². The van der Waals surface area contributed by atoms with E-state index in [1.807, 2.05) is 4.90 Å². The fraction of sp³-hybridized carbons (Fsp3) is 0.571. The van der Waals surface area contributed by atoms with Crippen LogP contribution in [0.3, 0.4) is 0 Å². The maximum Gasteiger partial charge on any atom is 0.223 e. The Kier molecular flexibility index (Phi) is 5.46. The summed E-state index contributed by atoms with van der Waals surface area (Å²) in [7, 11) is -3.45. The number of hydrogen-bond donors (Lipinski definition) is 1. The van der Waals surface area contributed by atoms with Gasteiger partial charge in [0.05, 0.1) is 10.6 Å². The third kappa shape index (κ3) is 3.95. The van der Waals surface area contributed by atoms with Crippen molar-refractivity contribution in [3.05, 3.63) is 42.0 Å². The minimum Gasteiger partial charge on any atom is -0.341 e.